The van der Waals surface area contributed by atoms with Crippen molar-refractivity contribution in [3.05, 3.63) is 46.3 Å². The van der Waals surface area contributed by atoms with Crippen molar-refractivity contribution in [1.82, 2.24) is 4.98 Å². The standard InChI is InChI=1S/C12H12N2O2S/c15-12(16)10-2-1-3-11(14-10)13-6-4-9-5-7-17-8-9/h1-3,5,7-8H,4,6H2,(H,13,14)(H,15,16). The van der Waals surface area contributed by atoms with Crippen LogP contribution < -0.4 is 5.32 Å². The Kier molecular flexibility index (Phi) is 3.72. The largest absolute Gasteiger partial charge is 0.477 e. The van der Waals surface area contributed by atoms with Crippen molar-refractivity contribution in [1.29, 1.82) is 0 Å². The summed E-state index contributed by atoms with van der Waals surface area (Å²) in [6.07, 6.45) is 0.905. The molecule has 88 valence electrons. The lowest BCUT2D eigenvalue weighted by Gasteiger charge is -2.05. The number of carboxylic acids is 1. The van der Waals surface area contributed by atoms with Gasteiger partial charge >= 0.3 is 5.97 Å². The molecule has 0 fully saturated rings. The van der Waals surface area contributed by atoms with Crippen LogP contribution >= 0.6 is 11.3 Å². The van der Waals surface area contributed by atoms with Crippen LogP contribution in [-0.4, -0.2) is 22.6 Å². The molecule has 0 saturated carbocycles. The van der Waals surface area contributed by atoms with E-state index in [1.165, 1.54) is 11.6 Å². The lowest BCUT2D eigenvalue weighted by molar-refractivity contribution is 0.0690. The Balaban J connectivity index is 1.90. The molecule has 0 saturated heterocycles. The van der Waals surface area contributed by atoms with Crippen LogP contribution in [0, 0.1) is 0 Å². The summed E-state index contributed by atoms with van der Waals surface area (Å²) in [5.74, 6) is -0.411. The number of rotatable bonds is 5. The van der Waals surface area contributed by atoms with E-state index in [1.54, 1.807) is 23.5 Å². The highest BCUT2D eigenvalue weighted by Gasteiger charge is 2.04. The smallest absolute Gasteiger partial charge is 0.354 e. The highest BCUT2D eigenvalue weighted by atomic mass is 32.1. The minimum Gasteiger partial charge on any atom is -0.477 e. The van der Waals surface area contributed by atoms with Gasteiger partial charge in [0.15, 0.2) is 5.69 Å². The number of carbonyl (C=O) groups is 1. The van der Waals surface area contributed by atoms with Crippen LogP contribution in [0.15, 0.2) is 35.0 Å². The molecule has 0 aliphatic heterocycles. The van der Waals surface area contributed by atoms with E-state index in [-0.39, 0.29) is 5.69 Å². The molecule has 5 heteroatoms. The summed E-state index contributed by atoms with van der Waals surface area (Å²) < 4.78 is 0. The maximum atomic E-state index is 10.7. The first-order valence-electron chi connectivity index (χ1n) is 5.21. The number of nitrogens with one attached hydrogen (secondary N) is 1. The zero-order valence-electron chi connectivity index (χ0n) is 9.09. The molecule has 17 heavy (non-hydrogen) atoms. The molecule has 0 bridgehead atoms. The molecule has 2 heterocycles. The van der Waals surface area contributed by atoms with Gasteiger partial charge in [-0.1, -0.05) is 6.07 Å². The Morgan fingerprint density at radius 2 is 2.29 bits per heavy atom. The lowest BCUT2D eigenvalue weighted by Crippen LogP contribution is -2.08. The van der Waals surface area contributed by atoms with Crippen LogP contribution in [0.25, 0.3) is 0 Å². The van der Waals surface area contributed by atoms with E-state index in [4.69, 9.17) is 5.11 Å². The van der Waals surface area contributed by atoms with Crippen LogP contribution in [0.2, 0.25) is 0 Å². The average molecular weight is 248 g/mol. The van der Waals surface area contributed by atoms with E-state index < -0.39 is 5.97 Å². The first-order chi connectivity index (χ1) is 8.25. The van der Waals surface area contributed by atoms with Gasteiger partial charge in [-0.15, -0.1) is 0 Å². The van der Waals surface area contributed by atoms with Crippen molar-refractivity contribution >= 4 is 23.1 Å². The van der Waals surface area contributed by atoms with Gasteiger partial charge in [0.1, 0.15) is 5.82 Å². The van der Waals surface area contributed by atoms with E-state index >= 15 is 0 Å². The Morgan fingerprint density at radius 3 is 3.00 bits per heavy atom. The molecule has 2 aromatic rings. The van der Waals surface area contributed by atoms with Crippen LogP contribution in [-0.2, 0) is 6.42 Å². The molecule has 0 unspecified atom stereocenters. The van der Waals surface area contributed by atoms with E-state index in [0.29, 0.717) is 5.82 Å². The molecule has 0 atom stereocenters. The van der Waals surface area contributed by atoms with E-state index in [0.717, 1.165) is 13.0 Å². The van der Waals surface area contributed by atoms with Gasteiger partial charge in [-0.2, -0.15) is 11.3 Å². The average Bonchev–Trinajstić information content (AvgIpc) is 2.82. The van der Waals surface area contributed by atoms with Crippen LogP contribution in [0.3, 0.4) is 0 Å². The maximum Gasteiger partial charge on any atom is 0.354 e. The SMILES string of the molecule is O=C(O)c1cccc(NCCc2ccsc2)n1. The molecule has 0 aromatic carbocycles. The fraction of sp³-hybridized carbons (Fsp3) is 0.167. The number of pyridine rings is 1. The third kappa shape index (κ3) is 3.29. The molecule has 2 rings (SSSR count). The number of thiophene rings is 1. The first kappa shape index (κ1) is 11.6. The van der Waals surface area contributed by atoms with Crippen molar-refractivity contribution in [3.8, 4) is 0 Å². The van der Waals surface area contributed by atoms with E-state index in [9.17, 15) is 4.79 Å². The predicted octanol–water partition coefficient (Wildman–Crippen LogP) is 2.50. The minimum absolute atomic E-state index is 0.0607. The molecular weight excluding hydrogens is 236 g/mol. The highest BCUT2D eigenvalue weighted by molar-refractivity contribution is 7.07. The second-order valence-corrected chi connectivity index (χ2v) is 4.30. The topological polar surface area (TPSA) is 62.2 Å². The second kappa shape index (κ2) is 5.45. The van der Waals surface area contributed by atoms with Crippen molar-refractivity contribution in [2.75, 3.05) is 11.9 Å². The molecular formula is C12H12N2O2S. The number of anilines is 1. The molecule has 0 aliphatic carbocycles. The van der Waals surface area contributed by atoms with Crippen LogP contribution in [0.4, 0.5) is 5.82 Å². The highest BCUT2D eigenvalue weighted by Crippen LogP contribution is 2.08. The fourth-order valence-corrected chi connectivity index (χ4v) is 2.13. The van der Waals surface area contributed by atoms with Crippen LogP contribution in [0.1, 0.15) is 16.1 Å². The third-order valence-electron chi connectivity index (χ3n) is 2.27. The number of aromatic nitrogens is 1. The summed E-state index contributed by atoms with van der Waals surface area (Å²) in [6, 6.07) is 7.00. The fourth-order valence-electron chi connectivity index (χ4n) is 1.42. The lowest BCUT2D eigenvalue weighted by atomic mass is 10.2. The third-order valence-corrected chi connectivity index (χ3v) is 3.00. The van der Waals surface area contributed by atoms with E-state index in [2.05, 4.69) is 21.7 Å². The zero-order valence-corrected chi connectivity index (χ0v) is 9.91. The molecule has 0 aliphatic rings. The summed E-state index contributed by atoms with van der Waals surface area (Å²) >= 11 is 1.67. The van der Waals surface area contributed by atoms with Gasteiger partial charge < -0.3 is 10.4 Å². The zero-order chi connectivity index (χ0) is 12.1. The van der Waals surface area contributed by atoms with E-state index in [1.807, 2.05) is 5.38 Å². The van der Waals surface area contributed by atoms with Gasteiger partial charge in [-0.3, -0.25) is 0 Å². The Hall–Kier alpha value is -1.88. The van der Waals surface area contributed by atoms with Gasteiger partial charge in [0, 0.05) is 6.54 Å². The van der Waals surface area contributed by atoms with Crippen LogP contribution in [0.5, 0.6) is 0 Å². The number of aromatic carboxylic acids is 1. The number of carboxylic acid groups (broad SMARTS) is 1. The minimum atomic E-state index is -1.01. The normalized spacial score (nSPS) is 10.1. The summed E-state index contributed by atoms with van der Waals surface area (Å²) in [5.41, 5.74) is 1.34. The molecule has 0 spiro atoms. The number of hydrogen-bond acceptors (Lipinski definition) is 4. The first-order valence-corrected chi connectivity index (χ1v) is 6.15. The second-order valence-electron chi connectivity index (χ2n) is 3.52. The quantitative estimate of drug-likeness (QED) is 0.853. The van der Waals surface area contributed by atoms with Gasteiger partial charge in [0.05, 0.1) is 0 Å². The van der Waals surface area contributed by atoms with Gasteiger partial charge in [-0.05, 0) is 40.9 Å². The molecule has 2 N–H and O–H groups in total. The van der Waals surface area contributed by atoms with Gasteiger partial charge in [-0.25, -0.2) is 9.78 Å². The summed E-state index contributed by atoms with van der Waals surface area (Å²) in [5, 5.41) is 16.0. The monoisotopic (exact) mass is 248 g/mol. The Morgan fingerprint density at radius 1 is 1.41 bits per heavy atom. The molecule has 4 nitrogen and oxygen atoms in total. The summed E-state index contributed by atoms with van der Waals surface area (Å²) in [7, 11) is 0. The summed E-state index contributed by atoms with van der Waals surface area (Å²) in [4.78, 5) is 14.7. The predicted molar refractivity (Wildman–Crippen MR) is 67.7 cm³/mol. The maximum absolute atomic E-state index is 10.7. The summed E-state index contributed by atoms with van der Waals surface area (Å²) in [6.45, 7) is 0.743. The van der Waals surface area contributed by atoms with Crippen molar-refractivity contribution in [2.24, 2.45) is 0 Å². The Labute approximate surface area is 103 Å². The number of nitrogens with zero attached hydrogens (tertiary/aromatic N) is 1. The van der Waals surface area contributed by atoms with Gasteiger partial charge in [0.25, 0.3) is 0 Å². The van der Waals surface area contributed by atoms with Gasteiger partial charge in [0.2, 0.25) is 0 Å². The van der Waals surface area contributed by atoms with Crippen molar-refractivity contribution in [3.63, 3.8) is 0 Å². The Bertz CT molecular complexity index is 497. The molecule has 0 radical (unpaired) electrons. The van der Waals surface area contributed by atoms with Crippen molar-refractivity contribution in [2.45, 2.75) is 6.42 Å². The number of hydrogen-bond donors (Lipinski definition) is 2. The molecule has 0 amide bonds. The molecule has 2 aromatic heterocycles. The van der Waals surface area contributed by atoms with Crippen molar-refractivity contribution < 1.29 is 9.90 Å².